The van der Waals surface area contributed by atoms with E-state index < -0.39 is 6.04 Å². The predicted octanol–water partition coefficient (Wildman–Crippen LogP) is 3.94. The fraction of sp³-hybridized carbons (Fsp3) is 0.360. The monoisotopic (exact) mass is 418 g/mol. The van der Waals surface area contributed by atoms with E-state index in [9.17, 15) is 9.59 Å². The number of nitrogens with one attached hydrogen (secondary N) is 1. The molecule has 1 atom stereocenters. The number of unbranched alkanes of at least 4 members (excludes halogenated alkanes) is 1. The van der Waals surface area contributed by atoms with Crippen molar-refractivity contribution in [2.24, 2.45) is 10.2 Å². The number of aryl methyl sites for hydroxylation is 1. The van der Waals surface area contributed by atoms with Crippen molar-refractivity contribution >= 4 is 29.4 Å². The Morgan fingerprint density at radius 3 is 2.68 bits per heavy atom. The second-order valence-corrected chi connectivity index (χ2v) is 7.73. The van der Waals surface area contributed by atoms with E-state index >= 15 is 0 Å². The number of anilines is 1. The lowest BCUT2D eigenvalue weighted by Crippen LogP contribution is -2.48. The van der Waals surface area contributed by atoms with Crippen LogP contribution >= 0.6 is 0 Å². The molecule has 0 saturated carbocycles. The van der Waals surface area contributed by atoms with Gasteiger partial charge < -0.3 is 10.2 Å². The summed E-state index contributed by atoms with van der Waals surface area (Å²) < 4.78 is 0. The fourth-order valence-electron chi connectivity index (χ4n) is 3.62. The molecule has 2 aromatic rings. The molecule has 0 bridgehead atoms. The third-order valence-electron chi connectivity index (χ3n) is 5.45. The highest BCUT2D eigenvalue weighted by atomic mass is 16.2. The molecule has 0 aromatic heterocycles. The van der Waals surface area contributed by atoms with E-state index in [0.717, 1.165) is 36.1 Å². The first kappa shape index (κ1) is 22.4. The van der Waals surface area contributed by atoms with Crippen LogP contribution in [0.2, 0.25) is 0 Å². The number of carbonyl (C=O) groups excluding carboxylic acids is 2. The maximum absolute atomic E-state index is 12.9. The molecule has 2 aromatic carbocycles. The highest BCUT2D eigenvalue weighted by molar-refractivity contribution is 6.39. The fourth-order valence-corrected chi connectivity index (χ4v) is 3.62. The summed E-state index contributed by atoms with van der Waals surface area (Å²) in [7, 11) is 1.76. The zero-order chi connectivity index (χ0) is 22.1. The standard InChI is InChI=1S/C25H30N4O2/c1-3-4-13-21(28-26-18-17-19-10-6-5-7-11-19)24(30)27-22-16-15-20-12-8-9-14-23(20)29(2)25(22)31/h5-12,14,18,22H,3-4,13,15-17H2,1-2H3,(H,27,30). The average Bonchev–Trinajstić information content (AvgIpc) is 2.91. The van der Waals surface area contributed by atoms with Crippen molar-refractivity contribution in [2.75, 3.05) is 11.9 Å². The van der Waals surface area contributed by atoms with Gasteiger partial charge >= 0.3 is 0 Å². The van der Waals surface area contributed by atoms with Gasteiger partial charge in [-0.15, -0.1) is 0 Å². The van der Waals surface area contributed by atoms with Gasteiger partial charge in [-0.25, -0.2) is 0 Å². The molecular weight excluding hydrogens is 388 g/mol. The molecule has 2 amide bonds. The van der Waals surface area contributed by atoms with Gasteiger partial charge in [0.1, 0.15) is 11.8 Å². The van der Waals surface area contributed by atoms with E-state index in [0.29, 0.717) is 25.0 Å². The van der Waals surface area contributed by atoms with E-state index in [-0.39, 0.29) is 11.8 Å². The number of amides is 2. The minimum absolute atomic E-state index is 0.110. The van der Waals surface area contributed by atoms with Crippen LogP contribution in [-0.4, -0.2) is 36.8 Å². The third-order valence-corrected chi connectivity index (χ3v) is 5.45. The summed E-state index contributed by atoms with van der Waals surface area (Å²) in [5.74, 6) is -0.427. The second-order valence-electron chi connectivity index (χ2n) is 7.73. The Balaban J connectivity index is 1.67. The van der Waals surface area contributed by atoms with Crippen LogP contribution < -0.4 is 10.2 Å². The van der Waals surface area contributed by atoms with Gasteiger partial charge in [0.25, 0.3) is 5.91 Å². The van der Waals surface area contributed by atoms with Crippen molar-refractivity contribution in [3.05, 3.63) is 65.7 Å². The summed E-state index contributed by atoms with van der Waals surface area (Å²) >= 11 is 0. The molecule has 1 unspecified atom stereocenters. The number of hydrogen-bond donors (Lipinski definition) is 1. The number of likely N-dealkylation sites (N-methyl/N-ethyl adjacent to an activating group) is 1. The molecule has 0 aliphatic carbocycles. The zero-order valence-corrected chi connectivity index (χ0v) is 18.3. The van der Waals surface area contributed by atoms with Gasteiger partial charge in [-0.3, -0.25) is 9.59 Å². The molecule has 6 nitrogen and oxygen atoms in total. The molecule has 3 rings (SSSR count). The maximum atomic E-state index is 12.9. The lowest BCUT2D eigenvalue weighted by atomic mass is 10.1. The lowest BCUT2D eigenvalue weighted by molar-refractivity contribution is -0.124. The molecule has 0 fully saturated rings. The van der Waals surface area contributed by atoms with E-state index in [4.69, 9.17) is 0 Å². The van der Waals surface area contributed by atoms with Crippen LogP contribution in [0.1, 0.15) is 43.7 Å². The number of rotatable bonds is 8. The third kappa shape index (κ3) is 6.10. The van der Waals surface area contributed by atoms with Crippen LogP contribution in [0.25, 0.3) is 0 Å². The van der Waals surface area contributed by atoms with Crippen LogP contribution in [0.15, 0.2) is 64.8 Å². The van der Waals surface area contributed by atoms with Gasteiger partial charge in [-0.05, 0) is 42.9 Å². The van der Waals surface area contributed by atoms with Crippen molar-refractivity contribution in [3.8, 4) is 0 Å². The van der Waals surface area contributed by atoms with Gasteiger partial charge in [0, 0.05) is 25.4 Å². The largest absolute Gasteiger partial charge is 0.339 e. The van der Waals surface area contributed by atoms with Crippen LogP contribution in [0.5, 0.6) is 0 Å². The van der Waals surface area contributed by atoms with E-state index in [2.05, 4.69) is 22.4 Å². The minimum atomic E-state index is -0.579. The molecule has 6 heteroatoms. The number of carbonyl (C=O) groups is 2. The molecule has 1 aliphatic heterocycles. The molecule has 0 radical (unpaired) electrons. The van der Waals surface area contributed by atoms with Crippen molar-refractivity contribution in [1.29, 1.82) is 0 Å². The SMILES string of the molecule is CCCCC(=NN=CCc1ccccc1)C(=O)NC1CCc2ccccc2N(C)C1=O. The Labute approximate surface area is 184 Å². The zero-order valence-electron chi connectivity index (χ0n) is 18.3. The number of fused-ring (bicyclic) bond motifs is 1. The Kier molecular flexibility index (Phi) is 8.10. The highest BCUT2D eigenvalue weighted by Crippen LogP contribution is 2.25. The Morgan fingerprint density at radius 2 is 1.90 bits per heavy atom. The summed E-state index contributed by atoms with van der Waals surface area (Å²) in [4.78, 5) is 27.5. The summed E-state index contributed by atoms with van der Waals surface area (Å²) in [6, 6.07) is 17.2. The quantitative estimate of drug-likeness (QED) is 0.521. The summed E-state index contributed by atoms with van der Waals surface area (Å²) in [6.07, 6.45) is 5.96. The number of para-hydroxylation sites is 1. The predicted molar refractivity (Wildman–Crippen MR) is 126 cm³/mol. The number of hydrogen-bond acceptors (Lipinski definition) is 4. The van der Waals surface area contributed by atoms with E-state index in [1.807, 2.05) is 54.6 Å². The van der Waals surface area contributed by atoms with Gasteiger partial charge in [-0.2, -0.15) is 10.2 Å². The van der Waals surface area contributed by atoms with Crippen LogP contribution in [0, 0.1) is 0 Å². The molecule has 1 heterocycles. The van der Waals surface area contributed by atoms with Gasteiger partial charge in [0.2, 0.25) is 5.91 Å². The molecule has 162 valence electrons. The van der Waals surface area contributed by atoms with Crippen molar-refractivity contribution in [3.63, 3.8) is 0 Å². The van der Waals surface area contributed by atoms with Crippen LogP contribution in [0.4, 0.5) is 5.69 Å². The minimum Gasteiger partial charge on any atom is -0.339 e. The Morgan fingerprint density at radius 1 is 1.16 bits per heavy atom. The summed E-state index contributed by atoms with van der Waals surface area (Å²) in [5.41, 5.74) is 3.51. The molecule has 0 saturated heterocycles. The van der Waals surface area contributed by atoms with E-state index in [1.54, 1.807) is 18.2 Å². The topological polar surface area (TPSA) is 74.1 Å². The first-order valence-electron chi connectivity index (χ1n) is 10.9. The first-order valence-corrected chi connectivity index (χ1v) is 10.9. The van der Waals surface area contributed by atoms with Crippen molar-refractivity contribution in [2.45, 2.75) is 51.5 Å². The number of nitrogens with zero attached hydrogens (tertiary/aromatic N) is 3. The molecule has 1 aliphatic rings. The van der Waals surface area contributed by atoms with Gasteiger partial charge in [0.05, 0.1) is 0 Å². The molecule has 0 spiro atoms. The molecular formula is C25H30N4O2. The number of benzene rings is 2. The highest BCUT2D eigenvalue weighted by Gasteiger charge is 2.30. The van der Waals surface area contributed by atoms with Crippen molar-refractivity contribution in [1.82, 2.24) is 5.32 Å². The van der Waals surface area contributed by atoms with E-state index in [1.165, 1.54) is 0 Å². The molecule has 31 heavy (non-hydrogen) atoms. The van der Waals surface area contributed by atoms with Crippen LogP contribution in [0.3, 0.4) is 0 Å². The average molecular weight is 419 g/mol. The summed E-state index contributed by atoms with van der Waals surface area (Å²) in [6.45, 7) is 2.06. The Hall–Kier alpha value is -3.28. The smallest absolute Gasteiger partial charge is 0.268 e. The summed E-state index contributed by atoms with van der Waals surface area (Å²) in [5, 5.41) is 11.2. The van der Waals surface area contributed by atoms with Crippen molar-refractivity contribution < 1.29 is 9.59 Å². The molecule has 1 N–H and O–H groups in total. The normalized spacial score (nSPS) is 16.8. The van der Waals surface area contributed by atoms with Gasteiger partial charge in [0.15, 0.2) is 0 Å². The maximum Gasteiger partial charge on any atom is 0.268 e. The Bertz CT molecular complexity index is 953. The van der Waals surface area contributed by atoms with Crippen LogP contribution in [-0.2, 0) is 22.4 Å². The first-order chi connectivity index (χ1) is 15.1. The van der Waals surface area contributed by atoms with Gasteiger partial charge in [-0.1, -0.05) is 61.9 Å². The second kappa shape index (κ2) is 11.2. The lowest BCUT2D eigenvalue weighted by Gasteiger charge is -2.22.